The molecule has 8 heteroatoms. The third kappa shape index (κ3) is 2.59. The molecule has 0 aliphatic rings. The number of halogens is 3. The van der Waals surface area contributed by atoms with Gasteiger partial charge in [0.25, 0.3) is 15.5 Å². The van der Waals surface area contributed by atoms with E-state index in [2.05, 4.69) is 9.72 Å². The Hall–Kier alpha value is -0.950. The van der Waals surface area contributed by atoms with Crippen molar-refractivity contribution < 1.29 is 21.9 Å². The van der Waals surface area contributed by atoms with Crippen molar-refractivity contribution in [1.29, 1.82) is 0 Å². The van der Waals surface area contributed by atoms with Crippen LogP contribution in [0.15, 0.2) is 11.1 Å². The number of alkyl halides is 2. The first kappa shape index (κ1) is 13.1. The first-order valence-electron chi connectivity index (χ1n) is 4.05. The van der Waals surface area contributed by atoms with Crippen molar-refractivity contribution in [3.05, 3.63) is 17.2 Å². The topological polar surface area (TPSA) is 56.3 Å². The molecule has 1 aromatic heterocycles. The van der Waals surface area contributed by atoms with Gasteiger partial charge in [-0.1, -0.05) is 0 Å². The molecule has 0 fully saturated rings. The fourth-order valence-electron chi connectivity index (χ4n) is 1.15. The van der Waals surface area contributed by atoms with Gasteiger partial charge in [-0.15, -0.1) is 0 Å². The van der Waals surface area contributed by atoms with Gasteiger partial charge in [0.1, 0.15) is 0 Å². The molecule has 1 aromatic rings. The number of nitrogens with zero attached hydrogens (tertiary/aromatic N) is 1. The Bertz CT molecular complexity index is 504. The summed E-state index contributed by atoms with van der Waals surface area (Å²) in [4.78, 5) is 3.53. The molecule has 1 rings (SSSR count). The fraction of sp³-hybridized carbons (Fsp3) is 0.375. The van der Waals surface area contributed by atoms with Crippen molar-refractivity contribution in [2.24, 2.45) is 0 Å². The van der Waals surface area contributed by atoms with Gasteiger partial charge in [-0.05, 0) is 12.5 Å². The molecule has 0 spiro atoms. The number of hydrogen-bond donors (Lipinski definition) is 0. The number of rotatable bonds is 3. The van der Waals surface area contributed by atoms with Crippen molar-refractivity contribution in [3.8, 4) is 5.88 Å². The summed E-state index contributed by atoms with van der Waals surface area (Å²) >= 11 is 0. The summed E-state index contributed by atoms with van der Waals surface area (Å²) in [5.41, 5.74) is -0.642. The SMILES string of the molecule is COc1cc(C(F)F)c(C)c(S(=O)(=O)Cl)n1. The fourth-order valence-corrected chi connectivity index (χ4v) is 2.28. The first-order valence-corrected chi connectivity index (χ1v) is 6.36. The second-order valence-electron chi connectivity index (χ2n) is 2.92. The molecule has 16 heavy (non-hydrogen) atoms. The number of hydrogen-bond acceptors (Lipinski definition) is 4. The van der Waals surface area contributed by atoms with Crippen LogP contribution in [0, 0.1) is 6.92 Å². The van der Waals surface area contributed by atoms with Crippen molar-refractivity contribution in [2.75, 3.05) is 7.11 Å². The van der Waals surface area contributed by atoms with E-state index in [0.717, 1.165) is 6.07 Å². The van der Waals surface area contributed by atoms with Crippen LogP contribution in [0.25, 0.3) is 0 Å². The molecular weight excluding hydrogens is 264 g/mol. The van der Waals surface area contributed by atoms with Gasteiger partial charge < -0.3 is 4.74 Å². The normalized spacial score (nSPS) is 11.9. The number of ether oxygens (including phenoxy) is 1. The van der Waals surface area contributed by atoms with Crippen molar-refractivity contribution in [1.82, 2.24) is 4.98 Å². The maximum absolute atomic E-state index is 12.6. The summed E-state index contributed by atoms with van der Waals surface area (Å²) in [5, 5.41) is -0.608. The van der Waals surface area contributed by atoms with Crippen LogP contribution in [0.5, 0.6) is 5.88 Å². The summed E-state index contributed by atoms with van der Waals surface area (Å²) in [5.74, 6) is -0.222. The Morgan fingerprint density at radius 1 is 1.50 bits per heavy atom. The van der Waals surface area contributed by atoms with E-state index in [4.69, 9.17) is 10.7 Å². The zero-order valence-corrected chi connectivity index (χ0v) is 9.94. The van der Waals surface area contributed by atoms with E-state index < -0.39 is 26.1 Å². The Morgan fingerprint density at radius 2 is 2.06 bits per heavy atom. The molecule has 0 amide bonds. The monoisotopic (exact) mass is 271 g/mol. The molecule has 0 saturated carbocycles. The smallest absolute Gasteiger partial charge is 0.279 e. The Labute approximate surface area is 95.6 Å². The van der Waals surface area contributed by atoms with E-state index in [1.54, 1.807) is 0 Å². The second kappa shape index (κ2) is 4.50. The molecule has 0 unspecified atom stereocenters. The highest BCUT2D eigenvalue weighted by Gasteiger charge is 2.23. The van der Waals surface area contributed by atoms with E-state index in [-0.39, 0.29) is 11.4 Å². The van der Waals surface area contributed by atoms with Crippen LogP contribution >= 0.6 is 10.7 Å². The van der Waals surface area contributed by atoms with Crippen LogP contribution in [0.3, 0.4) is 0 Å². The lowest BCUT2D eigenvalue weighted by atomic mass is 10.1. The summed E-state index contributed by atoms with van der Waals surface area (Å²) < 4.78 is 52.0. The summed E-state index contributed by atoms with van der Waals surface area (Å²) in [7, 11) is 2.10. The zero-order chi connectivity index (χ0) is 12.5. The van der Waals surface area contributed by atoms with Crippen LogP contribution < -0.4 is 4.74 Å². The van der Waals surface area contributed by atoms with E-state index in [1.807, 2.05) is 0 Å². The average molecular weight is 272 g/mol. The third-order valence-electron chi connectivity index (χ3n) is 1.92. The maximum atomic E-state index is 12.6. The molecule has 0 bridgehead atoms. The molecule has 0 saturated heterocycles. The molecule has 0 aliphatic heterocycles. The number of pyridine rings is 1. The van der Waals surface area contributed by atoms with Gasteiger partial charge in [-0.2, -0.15) is 0 Å². The standard InChI is InChI=1S/C8H8ClF2NO3S/c1-4-5(7(10)11)3-6(15-2)12-8(4)16(9,13)14/h3,7H,1-2H3. The number of aromatic nitrogens is 1. The largest absolute Gasteiger partial charge is 0.481 e. The van der Waals surface area contributed by atoms with Gasteiger partial charge >= 0.3 is 0 Å². The molecule has 0 radical (unpaired) electrons. The zero-order valence-electron chi connectivity index (χ0n) is 8.37. The second-order valence-corrected chi connectivity index (χ2v) is 5.40. The lowest BCUT2D eigenvalue weighted by Gasteiger charge is -2.10. The third-order valence-corrected chi connectivity index (χ3v) is 3.22. The van der Waals surface area contributed by atoms with Crippen LogP contribution in [0.1, 0.15) is 17.6 Å². The maximum Gasteiger partial charge on any atom is 0.279 e. The van der Waals surface area contributed by atoms with Crippen molar-refractivity contribution >= 4 is 19.7 Å². The Balaban J connectivity index is 3.56. The van der Waals surface area contributed by atoms with Gasteiger partial charge in [0.2, 0.25) is 5.88 Å². The lowest BCUT2D eigenvalue weighted by molar-refractivity contribution is 0.149. The van der Waals surface area contributed by atoms with Gasteiger partial charge in [0, 0.05) is 22.3 Å². The number of methoxy groups -OCH3 is 1. The highest BCUT2D eigenvalue weighted by atomic mass is 35.7. The molecule has 0 aliphatic carbocycles. The van der Waals surface area contributed by atoms with Crippen molar-refractivity contribution in [3.63, 3.8) is 0 Å². The van der Waals surface area contributed by atoms with E-state index in [9.17, 15) is 17.2 Å². The molecule has 90 valence electrons. The molecule has 4 nitrogen and oxygen atoms in total. The highest BCUT2D eigenvalue weighted by Crippen LogP contribution is 2.30. The Kier molecular flexibility index (Phi) is 3.69. The molecular formula is C8H8ClF2NO3S. The molecule has 1 heterocycles. The minimum Gasteiger partial charge on any atom is -0.481 e. The average Bonchev–Trinajstić information content (AvgIpc) is 2.15. The molecule has 0 N–H and O–H groups in total. The first-order chi connectivity index (χ1) is 7.27. The predicted molar refractivity (Wildman–Crippen MR) is 53.5 cm³/mol. The highest BCUT2D eigenvalue weighted by molar-refractivity contribution is 8.13. The minimum absolute atomic E-state index is 0.175. The van der Waals surface area contributed by atoms with Gasteiger partial charge in [0.05, 0.1) is 7.11 Å². The molecule has 0 atom stereocenters. The van der Waals surface area contributed by atoms with E-state index >= 15 is 0 Å². The van der Waals surface area contributed by atoms with Crippen LogP contribution in [-0.4, -0.2) is 20.5 Å². The summed E-state index contributed by atoms with van der Waals surface area (Å²) in [6, 6.07) is 0.978. The molecule has 0 aromatic carbocycles. The van der Waals surface area contributed by atoms with E-state index in [0.29, 0.717) is 0 Å². The summed E-state index contributed by atoms with van der Waals surface area (Å²) in [6.07, 6.45) is -2.82. The van der Waals surface area contributed by atoms with Crippen molar-refractivity contribution in [2.45, 2.75) is 18.4 Å². The quantitative estimate of drug-likeness (QED) is 0.792. The van der Waals surface area contributed by atoms with Crippen LogP contribution in [-0.2, 0) is 9.05 Å². The lowest BCUT2D eigenvalue weighted by Crippen LogP contribution is -2.04. The van der Waals surface area contributed by atoms with Crippen LogP contribution in [0.4, 0.5) is 8.78 Å². The summed E-state index contributed by atoms with van der Waals surface area (Å²) in [6.45, 7) is 1.21. The van der Waals surface area contributed by atoms with Gasteiger partial charge in [-0.25, -0.2) is 22.2 Å². The minimum atomic E-state index is -4.17. The predicted octanol–water partition coefficient (Wildman–Crippen LogP) is 2.26. The van der Waals surface area contributed by atoms with Crippen LogP contribution in [0.2, 0.25) is 0 Å². The Morgan fingerprint density at radius 3 is 2.44 bits per heavy atom. The van der Waals surface area contributed by atoms with Gasteiger partial charge in [-0.3, -0.25) is 0 Å². The van der Waals surface area contributed by atoms with Gasteiger partial charge in [0.15, 0.2) is 5.03 Å². The van der Waals surface area contributed by atoms with E-state index in [1.165, 1.54) is 14.0 Å².